The van der Waals surface area contributed by atoms with E-state index in [2.05, 4.69) is 62.3 Å². The molecule has 8 nitrogen and oxygen atoms in total. The highest BCUT2D eigenvalue weighted by molar-refractivity contribution is 5.96. The van der Waals surface area contributed by atoms with Gasteiger partial charge in [0.2, 0.25) is 0 Å². The van der Waals surface area contributed by atoms with Crippen LogP contribution < -0.4 is 20.7 Å². The highest BCUT2D eigenvalue weighted by Gasteiger charge is 2.20. The van der Waals surface area contributed by atoms with Gasteiger partial charge >= 0.3 is 0 Å². The minimum absolute atomic E-state index is 0.127. The Balaban J connectivity index is 0.00000141. The number of rotatable bonds is 5. The number of aryl methyl sites for hydroxylation is 1. The van der Waals surface area contributed by atoms with Gasteiger partial charge in [0.25, 0.3) is 5.56 Å². The van der Waals surface area contributed by atoms with Crippen LogP contribution in [0.4, 0.5) is 23.0 Å². The lowest BCUT2D eigenvalue weighted by atomic mass is 10.1. The van der Waals surface area contributed by atoms with Crippen molar-refractivity contribution in [3.8, 4) is 0 Å². The van der Waals surface area contributed by atoms with Crippen LogP contribution in [0.3, 0.4) is 0 Å². The average molecular weight is 479 g/mol. The fourth-order valence-corrected chi connectivity index (χ4v) is 4.66. The molecule has 0 saturated carbocycles. The van der Waals surface area contributed by atoms with Gasteiger partial charge in [0.05, 0.1) is 18.6 Å². The van der Waals surface area contributed by atoms with E-state index in [0.29, 0.717) is 11.2 Å². The molecule has 2 saturated heterocycles. The first-order valence-corrected chi connectivity index (χ1v) is 12.8. The summed E-state index contributed by atoms with van der Waals surface area (Å²) in [5, 5.41) is 4.97. The summed E-state index contributed by atoms with van der Waals surface area (Å²) in [6, 6.07) is 10.4. The fourth-order valence-electron chi connectivity index (χ4n) is 4.66. The molecule has 4 heterocycles. The van der Waals surface area contributed by atoms with E-state index in [1.54, 1.807) is 6.20 Å². The minimum atomic E-state index is -0.127. The van der Waals surface area contributed by atoms with Crippen LogP contribution in [0, 0.1) is 6.92 Å². The lowest BCUT2D eigenvalue weighted by Crippen LogP contribution is -2.46. The van der Waals surface area contributed by atoms with E-state index in [1.807, 2.05) is 20.8 Å². The molecule has 2 aliphatic rings. The van der Waals surface area contributed by atoms with Crippen molar-refractivity contribution in [3.05, 3.63) is 52.4 Å². The predicted molar refractivity (Wildman–Crippen MR) is 146 cm³/mol. The lowest BCUT2D eigenvalue weighted by Gasteiger charge is -2.35. The molecule has 0 atom stereocenters. The zero-order chi connectivity index (χ0) is 24.8. The summed E-state index contributed by atoms with van der Waals surface area (Å²) in [6.07, 6.45) is 1.78. The van der Waals surface area contributed by atoms with Crippen molar-refractivity contribution in [2.75, 3.05) is 74.1 Å². The molecule has 0 bridgehead atoms. The van der Waals surface area contributed by atoms with Crippen molar-refractivity contribution >= 4 is 33.8 Å². The van der Waals surface area contributed by atoms with E-state index < -0.39 is 0 Å². The Hall–Kier alpha value is -3.10. The topological polar surface area (TPSA) is 76.7 Å². The SMILES string of the molecule is CC.CCN1CCN(c2cc3c(C)c[nH]c(=O)c3c(Nc3ccc(N4CCOCC4)cc3)n2)CC1. The number of H-pyrrole nitrogens is 1. The fraction of sp³-hybridized carbons (Fsp3) is 0.481. The molecular formula is C27H38N6O2. The number of piperazine rings is 1. The molecule has 5 rings (SSSR count). The van der Waals surface area contributed by atoms with E-state index in [-0.39, 0.29) is 5.56 Å². The monoisotopic (exact) mass is 478 g/mol. The number of morpholine rings is 1. The van der Waals surface area contributed by atoms with Crippen molar-refractivity contribution < 1.29 is 4.74 Å². The van der Waals surface area contributed by atoms with Gasteiger partial charge in [-0.3, -0.25) is 4.79 Å². The molecule has 0 amide bonds. The molecule has 1 aromatic carbocycles. The number of likely N-dealkylation sites (N-methyl/N-ethyl adjacent to an activating group) is 1. The van der Waals surface area contributed by atoms with Crippen molar-refractivity contribution in [1.82, 2.24) is 14.9 Å². The molecule has 0 radical (unpaired) electrons. The van der Waals surface area contributed by atoms with Gasteiger partial charge in [-0.25, -0.2) is 4.98 Å². The van der Waals surface area contributed by atoms with Gasteiger partial charge in [0, 0.05) is 56.8 Å². The number of pyridine rings is 2. The van der Waals surface area contributed by atoms with Crippen molar-refractivity contribution in [3.63, 3.8) is 0 Å². The molecule has 0 unspecified atom stereocenters. The first-order valence-electron chi connectivity index (χ1n) is 12.8. The van der Waals surface area contributed by atoms with Crippen LogP contribution in [-0.2, 0) is 4.74 Å². The molecule has 2 fully saturated rings. The summed E-state index contributed by atoms with van der Waals surface area (Å²) in [4.78, 5) is 27.7. The summed E-state index contributed by atoms with van der Waals surface area (Å²) >= 11 is 0. The van der Waals surface area contributed by atoms with Gasteiger partial charge in [-0.05, 0) is 54.8 Å². The quantitative estimate of drug-likeness (QED) is 0.574. The first-order chi connectivity index (χ1) is 17.1. The zero-order valence-corrected chi connectivity index (χ0v) is 21.4. The van der Waals surface area contributed by atoms with Gasteiger partial charge in [0.15, 0.2) is 0 Å². The average Bonchev–Trinajstić information content (AvgIpc) is 2.92. The van der Waals surface area contributed by atoms with E-state index in [4.69, 9.17) is 9.72 Å². The number of hydrogen-bond donors (Lipinski definition) is 2. The number of ether oxygens (including phenoxy) is 1. The van der Waals surface area contributed by atoms with Crippen molar-refractivity contribution in [2.24, 2.45) is 0 Å². The van der Waals surface area contributed by atoms with Gasteiger partial charge in [-0.2, -0.15) is 0 Å². The van der Waals surface area contributed by atoms with Crippen molar-refractivity contribution in [1.29, 1.82) is 0 Å². The predicted octanol–water partition coefficient (Wildman–Crippen LogP) is 3.98. The van der Waals surface area contributed by atoms with Crippen LogP contribution in [0.2, 0.25) is 0 Å². The Morgan fingerprint density at radius 1 is 1.00 bits per heavy atom. The molecule has 188 valence electrons. The molecule has 8 heteroatoms. The summed E-state index contributed by atoms with van der Waals surface area (Å²) in [5.41, 5.74) is 3.00. The second kappa shape index (κ2) is 11.6. The normalized spacial score (nSPS) is 16.7. The van der Waals surface area contributed by atoms with Crippen LogP contribution in [-0.4, -0.2) is 73.9 Å². The van der Waals surface area contributed by atoms with Gasteiger partial charge < -0.3 is 29.7 Å². The molecule has 3 aromatic rings. The van der Waals surface area contributed by atoms with Crippen LogP contribution in [0.5, 0.6) is 0 Å². The molecule has 2 aromatic heterocycles. The third-order valence-electron chi connectivity index (χ3n) is 6.73. The zero-order valence-electron chi connectivity index (χ0n) is 21.4. The van der Waals surface area contributed by atoms with Crippen LogP contribution in [0.25, 0.3) is 10.8 Å². The van der Waals surface area contributed by atoms with E-state index >= 15 is 0 Å². The summed E-state index contributed by atoms with van der Waals surface area (Å²) in [5.74, 6) is 1.52. The highest BCUT2D eigenvalue weighted by atomic mass is 16.5. The van der Waals surface area contributed by atoms with Gasteiger partial charge in [0.1, 0.15) is 11.6 Å². The Morgan fingerprint density at radius 2 is 1.69 bits per heavy atom. The third-order valence-corrected chi connectivity index (χ3v) is 6.73. The number of nitrogens with zero attached hydrogens (tertiary/aromatic N) is 4. The van der Waals surface area contributed by atoms with Crippen molar-refractivity contribution in [2.45, 2.75) is 27.7 Å². The minimum Gasteiger partial charge on any atom is -0.378 e. The summed E-state index contributed by atoms with van der Waals surface area (Å²) < 4.78 is 5.46. The lowest BCUT2D eigenvalue weighted by molar-refractivity contribution is 0.122. The Kier molecular flexibility index (Phi) is 8.25. The molecule has 0 aliphatic carbocycles. The Morgan fingerprint density at radius 3 is 2.34 bits per heavy atom. The number of anilines is 4. The standard InChI is InChI=1S/C25H32N6O2.C2H6/c1-3-29-8-10-31(11-9-29)22-16-21-18(2)17-26-25(32)23(21)24(28-22)27-19-4-6-20(7-5-19)30-12-14-33-15-13-30;1-2/h4-7,16-17H,3,8-15H2,1-2H3,(H,26,32)(H,27,28);1-2H3. The maximum Gasteiger partial charge on any atom is 0.259 e. The van der Waals surface area contributed by atoms with E-state index in [9.17, 15) is 4.79 Å². The summed E-state index contributed by atoms with van der Waals surface area (Å²) in [6.45, 7) is 16.5. The third kappa shape index (κ3) is 5.60. The van der Waals surface area contributed by atoms with Gasteiger partial charge in [-0.15, -0.1) is 0 Å². The number of aromatic amines is 1. The smallest absolute Gasteiger partial charge is 0.259 e. The maximum atomic E-state index is 12.8. The molecule has 0 spiro atoms. The second-order valence-electron chi connectivity index (χ2n) is 8.75. The summed E-state index contributed by atoms with van der Waals surface area (Å²) in [7, 11) is 0. The molecule has 2 aliphatic heterocycles. The Labute approximate surface area is 207 Å². The van der Waals surface area contributed by atoms with Crippen LogP contribution in [0.1, 0.15) is 26.3 Å². The Bertz CT molecular complexity index is 1160. The second-order valence-corrected chi connectivity index (χ2v) is 8.75. The first kappa shape index (κ1) is 25.0. The largest absolute Gasteiger partial charge is 0.378 e. The van der Waals surface area contributed by atoms with E-state index in [0.717, 1.165) is 81.5 Å². The van der Waals surface area contributed by atoms with Crippen LogP contribution >= 0.6 is 0 Å². The molecule has 2 N–H and O–H groups in total. The van der Waals surface area contributed by atoms with E-state index in [1.165, 1.54) is 5.69 Å². The number of fused-ring (bicyclic) bond motifs is 1. The molecule has 35 heavy (non-hydrogen) atoms. The number of nitrogens with one attached hydrogen (secondary N) is 2. The molecular weight excluding hydrogens is 440 g/mol. The number of benzene rings is 1. The van der Waals surface area contributed by atoms with Gasteiger partial charge in [-0.1, -0.05) is 20.8 Å². The highest BCUT2D eigenvalue weighted by Crippen LogP contribution is 2.29. The maximum absolute atomic E-state index is 12.8. The van der Waals surface area contributed by atoms with Crippen LogP contribution in [0.15, 0.2) is 41.3 Å². The number of hydrogen-bond acceptors (Lipinski definition) is 7. The number of aromatic nitrogens is 2.